The number of aromatic amines is 1. The van der Waals surface area contributed by atoms with Crippen LogP contribution in [0.5, 0.6) is 5.88 Å². The van der Waals surface area contributed by atoms with Crippen LogP contribution in [-0.4, -0.2) is 33.1 Å². The molecule has 0 saturated heterocycles. The molecule has 0 atom stereocenters. The van der Waals surface area contributed by atoms with E-state index in [0.717, 1.165) is 29.7 Å². The van der Waals surface area contributed by atoms with Gasteiger partial charge in [0.25, 0.3) is 0 Å². The van der Waals surface area contributed by atoms with Crippen molar-refractivity contribution in [2.75, 3.05) is 18.5 Å². The number of aryl methyl sites for hydroxylation is 1. The van der Waals surface area contributed by atoms with Crippen LogP contribution in [0.1, 0.15) is 19.2 Å². The fourth-order valence-corrected chi connectivity index (χ4v) is 2.26. The summed E-state index contributed by atoms with van der Waals surface area (Å²) in [6, 6.07) is 6.27. The van der Waals surface area contributed by atoms with E-state index in [-0.39, 0.29) is 5.82 Å². The molecule has 1 aromatic carbocycles. The largest absolute Gasteiger partial charge is 0.478 e. The number of fused-ring (bicyclic) bond motifs is 1. The summed E-state index contributed by atoms with van der Waals surface area (Å²) in [6.45, 7) is 3.19. The fraction of sp³-hybridized carbons (Fsp3) is 0.312. The van der Waals surface area contributed by atoms with E-state index in [9.17, 15) is 4.39 Å². The number of imidazole rings is 1. The molecule has 3 rings (SSSR count). The Morgan fingerprint density at radius 1 is 1.26 bits per heavy atom. The molecule has 2 N–H and O–H groups in total. The van der Waals surface area contributed by atoms with Crippen molar-refractivity contribution in [3.8, 4) is 5.88 Å². The first-order chi connectivity index (χ1) is 11.2. The molecule has 0 saturated carbocycles. The molecule has 120 valence electrons. The molecule has 0 aliphatic carbocycles. The van der Waals surface area contributed by atoms with Crippen molar-refractivity contribution < 1.29 is 9.13 Å². The quantitative estimate of drug-likeness (QED) is 0.656. The number of hydrogen-bond donors (Lipinski definition) is 2. The third-order valence-corrected chi connectivity index (χ3v) is 3.29. The van der Waals surface area contributed by atoms with E-state index in [0.29, 0.717) is 25.0 Å². The molecule has 7 heteroatoms. The van der Waals surface area contributed by atoms with Gasteiger partial charge in [0.15, 0.2) is 0 Å². The molecular weight excluding hydrogens is 297 g/mol. The Bertz CT molecular complexity index is 789. The van der Waals surface area contributed by atoms with Crippen LogP contribution in [-0.2, 0) is 6.42 Å². The Morgan fingerprint density at radius 3 is 3.04 bits per heavy atom. The van der Waals surface area contributed by atoms with Crippen LogP contribution in [0.3, 0.4) is 0 Å². The van der Waals surface area contributed by atoms with Crippen LogP contribution in [0.2, 0.25) is 0 Å². The third kappa shape index (κ3) is 3.94. The first-order valence-corrected chi connectivity index (χ1v) is 7.58. The summed E-state index contributed by atoms with van der Waals surface area (Å²) < 4.78 is 18.5. The second-order valence-electron chi connectivity index (χ2n) is 5.03. The van der Waals surface area contributed by atoms with Gasteiger partial charge in [0, 0.05) is 25.2 Å². The molecule has 0 radical (unpaired) electrons. The molecule has 0 fully saturated rings. The number of benzene rings is 1. The van der Waals surface area contributed by atoms with Gasteiger partial charge < -0.3 is 15.0 Å². The van der Waals surface area contributed by atoms with E-state index < -0.39 is 0 Å². The minimum atomic E-state index is -0.263. The molecule has 3 aromatic rings. The van der Waals surface area contributed by atoms with Gasteiger partial charge in [0.05, 0.1) is 17.6 Å². The normalized spacial score (nSPS) is 10.9. The molecule has 6 nitrogen and oxygen atoms in total. The number of nitrogens with zero attached hydrogens (tertiary/aromatic N) is 3. The van der Waals surface area contributed by atoms with E-state index in [1.54, 1.807) is 18.3 Å². The summed E-state index contributed by atoms with van der Waals surface area (Å²) in [6.07, 6.45) is 3.27. The Morgan fingerprint density at radius 2 is 2.17 bits per heavy atom. The Labute approximate surface area is 133 Å². The zero-order valence-corrected chi connectivity index (χ0v) is 12.8. The van der Waals surface area contributed by atoms with Crippen molar-refractivity contribution in [3.63, 3.8) is 0 Å². The molecule has 0 unspecified atom stereocenters. The number of aromatic nitrogens is 4. The van der Waals surface area contributed by atoms with E-state index in [4.69, 9.17) is 4.74 Å². The van der Waals surface area contributed by atoms with Crippen LogP contribution in [0.15, 0.2) is 30.5 Å². The van der Waals surface area contributed by atoms with Crippen LogP contribution < -0.4 is 10.1 Å². The molecule has 0 aliphatic heterocycles. The first-order valence-electron chi connectivity index (χ1n) is 7.58. The fourth-order valence-electron chi connectivity index (χ4n) is 2.26. The van der Waals surface area contributed by atoms with Gasteiger partial charge in [0.2, 0.25) is 11.8 Å². The van der Waals surface area contributed by atoms with Gasteiger partial charge in [-0.05, 0) is 31.5 Å². The first kappa shape index (κ1) is 15.2. The Hall–Kier alpha value is -2.70. The monoisotopic (exact) mass is 315 g/mol. The van der Waals surface area contributed by atoms with Crippen molar-refractivity contribution in [3.05, 3.63) is 42.1 Å². The maximum Gasteiger partial charge on any atom is 0.225 e. The maximum atomic E-state index is 13.1. The lowest BCUT2D eigenvalue weighted by molar-refractivity contribution is 0.326. The standard InChI is InChI=1S/C16H18FN5O/c1-2-23-15-7-9-19-16(22-15)18-8-3-4-14-20-12-6-5-11(17)10-13(12)21-14/h5-7,9-10H,2-4,8H2,1H3,(H,20,21)(H,18,19,22). The number of nitrogens with one attached hydrogen (secondary N) is 2. The van der Waals surface area contributed by atoms with Gasteiger partial charge in [-0.3, -0.25) is 0 Å². The zero-order valence-electron chi connectivity index (χ0n) is 12.8. The Kier molecular flexibility index (Phi) is 4.65. The molecule has 2 heterocycles. The summed E-state index contributed by atoms with van der Waals surface area (Å²) in [7, 11) is 0. The Balaban J connectivity index is 1.51. The summed E-state index contributed by atoms with van der Waals surface area (Å²) in [5.74, 6) is 1.68. The minimum Gasteiger partial charge on any atom is -0.478 e. The van der Waals surface area contributed by atoms with Crippen molar-refractivity contribution in [2.45, 2.75) is 19.8 Å². The third-order valence-electron chi connectivity index (χ3n) is 3.29. The second-order valence-corrected chi connectivity index (χ2v) is 5.03. The number of rotatable bonds is 7. The minimum absolute atomic E-state index is 0.263. The van der Waals surface area contributed by atoms with Gasteiger partial charge in [0.1, 0.15) is 11.6 Å². The predicted molar refractivity (Wildman–Crippen MR) is 86.1 cm³/mol. The van der Waals surface area contributed by atoms with Crippen LogP contribution >= 0.6 is 0 Å². The lowest BCUT2D eigenvalue weighted by Crippen LogP contribution is -2.07. The summed E-state index contributed by atoms with van der Waals surface area (Å²) in [5.41, 5.74) is 1.50. The average Bonchev–Trinajstić information content (AvgIpc) is 2.94. The number of anilines is 1. The lowest BCUT2D eigenvalue weighted by Gasteiger charge is -2.06. The second kappa shape index (κ2) is 7.04. The van der Waals surface area contributed by atoms with E-state index >= 15 is 0 Å². The summed E-state index contributed by atoms with van der Waals surface area (Å²) in [4.78, 5) is 16.0. The SMILES string of the molecule is CCOc1ccnc(NCCCc2nc3ccc(F)cc3[nH]2)n1. The van der Waals surface area contributed by atoms with Crippen molar-refractivity contribution in [1.82, 2.24) is 19.9 Å². The average molecular weight is 315 g/mol. The van der Waals surface area contributed by atoms with Gasteiger partial charge in [-0.1, -0.05) is 0 Å². The molecular formula is C16H18FN5O. The molecule has 2 aromatic heterocycles. The maximum absolute atomic E-state index is 13.1. The molecule has 0 spiro atoms. The van der Waals surface area contributed by atoms with Crippen LogP contribution in [0, 0.1) is 5.82 Å². The summed E-state index contributed by atoms with van der Waals surface area (Å²) in [5, 5.41) is 3.15. The van der Waals surface area contributed by atoms with E-state index in [1.165, 1.54) is 12.1 Å². The van der Waals surface area contributed by atoms with Crippen LogP contribution in [0.4, 0.5) is 10.3 Å². The number of hydrogen-bond acceptors (Lipinski definition) is 5. The highest BCUT2D eigenvalue weighted by atomic mass is 19.1. The number of halogens is 1. The van der Waals surface area contributed by atoms with Gasteiger partial charge >= 0.3 is 0 Å². The van der Waals surface area contributed by atoms with Crippen molar-refractivity contribution in [2.24, 2.45) is 0 Å². The lowest BCUT2D eigenvalue weighted by atomic mass is 10.3. The predicted octanol–water partition coefficient (Wildman–Crippen LogP) is 2.94. The van der Waals surface area contributed by atoms with E-state index in [1.807, 2.05) is 6.92 Å². The van der Waals surface area contributed by atoms with Gasteiger partial charge in [-0.25, -0.2) is 14.4 Å². The topological polar surface area (TPSA) is 75.7 Å². The molecule has 0 aliphatic rings. The highest BCUT2D eigenvalue weighted by Gasteiger charge is 2.04. The van der Waals surface area contributed by atoms with E-state index in [2.05, 4.69) is 25.3 Å². The highest BCUT2D eigenvalue weighted by molar-refractivity contribution is 5.74. The number of H-pyrrole nitrogens is 1. The smallest absolute Gasteiger partial charge is 0.225 e. The number of ether oxygens (including phenoxy) is 1. The van der Waals surface area contributed by atoms with Crippen molar-refractivity contribution >= 4 is 17.0 Å². The zero-order chi connectivity index (χ0) is 16.1. The van der Waals surface area contributed by atoms with Crippen LogP contribution in [0.25, 0.3) is 11.0 Å². The van der Waals surface area contributed by atoms with Crippen molar-refractivity contribution in [1.29, 1.82) is 0 Å². The molecule has 0 bridgehead atoms. The highest BCUT2D eigenvalue weighted by Crippen LogP contribution is 2.14. The summed E-state index contributed by atoms with van der Waals surface area (Å²) >= 11 is 0. The molecule has 0 amide bonds. The van der Waals surface area contributed by atoms with Gasteiger partial charge in [-0.2, -0.15) is 4.98 Å². The molecule has 23 heavy (non-hydrogen) atoms. The van der Waals surface area contributed by atoms with Gasteiger partial charge in [-0.15, -0.1) is 0 Å².